The molecule has 1 aromatic heterocycles. The molecule has 6 heteroatoms. The number of rotatable bonds is 6. The molecule has 0 saturated heterocycles. The van der Waals surface area contributed by atoms with Gasteiger partial charge >= 0.3 is 5.97 Å². The fourth-order valence-corrected chi connectivity index (χ4v) is 2.76. The van der Waals surface area contributed by atoms with Crippen LogP contribution in [0.15, 0.2) is 72.9 Å². The molecule has 0 saturated carbocycles. The van der Waals surface area contributed by atoms with E-state index in [1.807, 2.05) is 37.3 Å². The summed E-state index contributed by atoms with van der Waals surface area (Å²) in [5.74, 6) is -0.201. The Morgan fingerprint density at radius 3 is 2.46 bits per heavy atom. The minimum absolute atomic E-state index is 0.127. The first kappa shape index (κ1) is 19.1. The van der Waals surface area contributed by atoms with Crippen molar-refractivity contribution < 1.29 is 14.3 Å². The summed E-state index contributed by atoms with van der Waals surface area (Å²) in [4.78, 5) is 28.8. The van der Waals surface area contributed by atoms with Crippen LogP contribution in [0.1, 0.15) is 39.2 Å². The third-order valence-corrected chi connectivity index (χ3v) is 4.26. The number of carbonyl (C=O) groups excluding carboxylic acids is 2. The van der Waals surface area contributed by atoms with Gasteiger partial charge in [0.05, 0.1) is 24.4 Å². The molecule has 2 N–H and O–H groups in total. The van der Waals surface area contributed by atoms with E-state index in [1.54, 1.807) is 42.6 Å². The van der Waals surface area contributed by atoms with E-state index in [2.05, 4.69) is 15.6 Å². The number of esters is 1. The van der Waals surface area contributed by atoms with E-state index < -0.39 is 5.97 Å². The summed E-state index contributed by atoms with van der Waals surface area (Å²) in [6.45, 7) is 1.93. The highest BCUT2D eigenvalue weighted by molar-refractivity contribution is 5.97. The molecule has 0 fully saturated rings. The molecule has 0 spiro atoms. The molecule has 3 rings (SSSR count). The minimum atomic E-state index is -0.450. The maximum atomic E-state index is 12.6. The molecule has 3 aromatic rings. The summed E-state index contributed by atoms with van der Waals surface area (Å²) < 4.78 is 4.80. The van der Waals surface area contributed by atoms with Crippen LogP contribution in [0.25, 0.3) is 0 Å². The Kier molecular flexibility index (Phi) is 6.01. The van der Waals surface area contributed by atoms with Crippen molar-refractivity contribution in [2.75, 3.05) is 12.4 Å². The fourth-order valence-electron chi connectivity index (χ4n) is 2.76. The molecule has 0 bridgehead atoms. The lowest BCUT2D eigenvalue weighted by Crippen LogP contribution is -2.26. The van der Waals surface area contributed by atoms with Crippen LogP contribution in [0.4, 0.5) is 11.5 Å². The van der Waals surface area contributed by atoms with Crippen molar-refractivity contribution in [2.24, 2.45) is 0 Å². The van der Waals surface area contributed by atoms with E-state index in [9.17, 15) is 9.59 Å². The van der Waals surface area contributed by atoms with Gasteiger partial charge in [-0.1, -0.05) is 42.5 Å². The van der Waals surface area contributed by atoms with Crippen LogP contribution in [0.2, 0.25) is 0 Å². The minimum Gasteiger partial charge on any atom is -0.465 e. The van der Waals surface area contributed by atoms with E-state index in [0.717, 1.165) is 5.56 Å². The molecule has 142 valence electrons. The molecule has 1 unspecified atom stereocenters. The highest BCUT2D eigenvalue weighted by Crippen LogP contribution is 2.21. The first-order valence-corrected chi connectivity index (χ1v) is 8.84. The summed E-state index contributed by atoms with van der Waals surface area (Å²) in [6.07, 6.45) is 1.55. The van der Waals surface area contributed by atoms with Gasteiger partial charge in [0.1, 0.15) is 5.82 Å². The lowest BCUT2D eigenvalue weighted by atomic mass is 10.1. The number of ether oxygens (including phenoxy) is 1. The lowest BCUT2D eigenvalue weighted by Gasteiger charge is -2.15. The Bertz CT molecular complexity index is 974. The number of anilines is 2. The van der Waals surface area contributed by atoms with Crippen molar-refractivity contribution in [3.8, 4) is 0 Å². The zero-order chi connectivity index (χ0) is 19.9. The lowest BCUT2D eigenvalue weighted by molar-refractivity contribution is 0.0601. The van der Waals surface area contributed by atoms with Crippen LogP contribution in [0.3, 0.4) is 0 Å². The number of nitrogens with zero attached hydrogens (tertiary/aromatic N) is 1. The molecular formula is C22H21N3O3. The Morgan fingerprint density at radius 1 is 1.00 bits per heavy atom. The normalized spacial score (nSPS) is 11.4. The number of methoxy groups -OCH3 is 1. The first-order chi connectivity index (χ1) is 13.6. The molecule has 1 heterocycles. The third-order valence-electron chi connectivity index (χ3n) is 4.26. The van der Waals surface area contributed by atoms with E-state index in [0.29, 0.717) is 22.6 Å². The summed E-state index contributed by atoms with van der Waals surface area (Å²) in [6, 6.07) is 19.9. The van der Waals surface area contributed by atoms with Crippen molar-refractivity contribution in [1.82, 2.24) is 10.3 Å². The number of hydrogen-bond donors (Lipinski definition) is 2. The third kappa shape index (κ3) is 4.54. The number of benzene rings is 2. The number of amides is 1. The van der Waals surface area contributed by atoms with Crippen molar-refractivity contribution in [3.05, 3.63) is 89.6 Å². The highest BCUT2D eigenvalue weighted by Gasteiger charge is 2.14. The molecule has 2 aromatic carbocycles. The molecule has 0 aliphatic rings. The van der Waals surface area contributed by atoms with E-state index in [4.69, 9.17) is 4.74 Å². The zero-order valence-electron chi connectivity index (χ0n) is 15.7. The van der Waals surface area contributed by atoms with Crippen LogP contribution in [-0.2, 0) is 4.74 Å². The summed E-state index contributed by atoms with van der Waals surface area (Å²) in [7, 11) is 1.33. The predicted octanol–water partition coefficient (Wildman–Crippen LogP) is 4.10. The van der Waals surface area contributed by atoms with Gasteiger partial charge in [-0.2, -0.15) is 0 Å². The van der Waals surface area contributed by atoms with Crippen LogP contribution < -0.4 is 10.6 Å². The number of carbonyl (C=O) groups is 2. The second-order valence-corrected chi connectivity index (χ2v) is 6.20. The molecule has 0 aliphatic heterocycles. The molecule has 0 radical (unpaired) electrons. The molecule has 1 atom stereocenters. The Labute approximate surface area is 163 Å². The maximum absolute atomic E-state index is 12.6. The average Bonchev–Trinajstić information content (AvgIpc) is 2.74. The number of para-hydroxylation sites is 1. The Balaban J connectivity index is 1.76. The van der Waals surface area contributed by atoms with E-state index in [-0.39, 0.29) is 11.9 Å². The molecule has 6 nitrogen and oxygen atoms in total. The number of aromatic nitrogens is 1. The second kappa shape index (κ2) is 8.81. The molecule has 28 heavy (non-hydrogen) atoms. The molecule has 0 aliphatic carbocycles. The van der Waals surface area contributed by atoms with Gasteiger partial charge in [0.15, 0.2) is 0 Å². The second-order valence-electron chi connectivity index (χ2n) is 6.20. The topological polar surface area (TPSA) is 80.3 Å². The monoisotopic (exact) mass is 375 g/mol. The van der Waals surface area contributed by atoms with Crippen molar-refractivity contribution in [3.63, 3.8) is 0 Å². The first-order valence-electron chi connectivity index (χ1n) is 8.84. The van der Waals surface area contributed by atoms with Gasteiger partial charge in [-0.15, -0.1) is 0 Å². The van der Waals surface area contributed by atoms with Crippen molar-refractivity contribution in [1.29, 1.82) is 0 Å². The van der Waals surface area contributed by atoms with Gasteiger partial charge in [0, 0.05) is 11.8 Å². The van der Waals surface area contributed by atoms with Gasteiger partial charge in [-0.05, 0) is 36.8 Å². The highest BCUT2D eigenvalue weighted by atomic mass is 16.5. The van der Waals surface area contributed by atoms with Crippen LogP contribution in [-0.4, -0.2) is 24.0 Å². The van der Waals surface area contributed by atoms with Gasteiger partial charge < -0.3 is 15.4 Å². The van der Waals surface area contributed by atoms with E-state index >= 15 is 0 Å². The predicted molar refractivity (Wildman–Crippen MR) is 108 cm³/mol. The van der Waals surface area contributed by atoms with Gasteiger partial charge in [0.25, 0.3) is 5.91 Å². The van der Waals surface area contributed by atoms with Gasteiger partial charge in [0.2, 0.25) is 0 Å². The summed E-state index contributed by atoms with van der Waals surface area (Å²) >= 11 is 0. The average molecular weight is 375 g/mol. The number of nitrogens with one attached hydrogen (secondary N) is 2. The summed E-state index contributed by atoms with van der Waals surface area (Å²) in [5, 5.41) is 6.05. The van der Waals surface area contributed by atoms with Gasteiger partial charge in [-0.25, -0.2) is 9.78 Å². The number of hydrogen-bond acceptors (Lipinski definition) is 5. The quantitative estimate of drug-likeness (QED) is 0.634. The van der Waals surface area contributed by atoms with E-state index in [1.165, 1.54) is 7.11 Å². The SMILES string of the molecule is COC(=O)c1ccccc1Nc1cc(C(=O)NC(C)c2ccccc2)ccn1. The zero-order valence-corrected chi connectivity index (χ0v) is 15.7. The van der Waals surface area contributed by atoms with Crippen LogP contribution >= 0.6 is 0 Å². The Hall–Kier alpha value is -3.67. The van der Waals surface area contributed by atoms with Crippen LogP contribution in [0, 0.1) is 0 Å². The van der Waals surface area contributed by atoms with Gasteiger partial charge in [-0.3, -0.25) is 4.79 Å². The number of pyridine rings is 1. The summed E-state index contributed by atoms with van der Waals surface area (Å²) in [5.41, 5.74) is 2.43. The maximum Gasteiger partial charge on any atom is 0.339 e. The largest absolute Gasteiger partial charge is 0.465 e. The molecule has 1 amide bonds. The fraction of sp³-hybridized carbons (Fsp3) is 0.136. The van der Waals surface area contributed by atoms with Crippen molar-refractivity contribution >= 4 is 23.4 Å². The standard InChI is InChI=1S/C22H21N3O3/c1-15(16-8-4-3-5-9-16)24-21(26)17-12-13-23-20(14-17)25-19-11-7-6-10-18(19)22(27)28-2/h3-15H,1-2H3,(H,23,25)(H,24,26). The Morgan fingerprint density at radius 2 is 1.71 bits per heavy atom. The smallest absolute Gasteiger partial charge is 0.339 e. The van der Waals surface area contributed by atoms with Crippen LogP contribution in [0.5, 0.6) is 0 Å². The van der Waals surface area contributed by atoms with Crippen molar-refractivity contribution in [2.45, 2.75) is 13.0 Å². The molecular weight excluding hydrogens is 354 g/mol.